The minimum atomic E-state index is -1.14. The van der Waals surface area contributed by atoms with Crippen molar-refractivity contribution in [1.29, 1.82) is 0 Å². The van der Waals surface area contributed by atoms with E-state index in [1.807, 2.05) is 0 Å². The van der Waals surface area contributed by atoms with Crippen LogP contribution >= 0.6 is 0 Å². The van der Waals surface area contributed by atoms with E-state index >= 15 is 0 Å². The van der Waals surface area contributed by atoms with Gasteiger partial charge in [0.25, 0.3) is 5.69 Å². The third-order valence-corrected chi connectivity index (χ3v) is 3.00. The van der Waals surface area contributed by atoms with Gasteiger partial charge in [-0.1, -0.05) is 0 Å². The summed E-state index contributed by atoms with van der Waals surface area (Å²) in [5, 5.41) is 19.6. The molecule has 20 heavy (non-hydrogen) atoms. The summed E-state index contributed by atoms with van der Waals surface area (Å²) in [5.41, 5.74) is 0.511. The Morgan fingerprint density at radius 1 is 1.50 bits per heavy atom. The van der Waals surface area contributed by atoms with E-state index in [1.54, 1.807) is 0 Å². The molecular formula is C12H12N2O6. The van der Waals surface area contributed by atoms with Crippen molar-refractivity contribution >= 4 is 23.3 Å². The first-order valence-corrected chi connectivity index (χ1v) is 5.84. The average Bonchev–Trinajstić information content (AvgIpc) is 2.80. The number of carbonyl (C=O) groups is 2. The van der Waals surface area contributed by atoms with Gasteiger partial charge >= 0.3 is 5.97 Å². The predicted molar refractivity (Wildman–Crippen MR) is 68.0 cm³/mol. The second-order valence-corrected chi connectivity index (χ2v) is 4.27. The van der Waals surface area contributed by atoms with Crippen molar-refractivity contribution in [2.75, 3.05) is 18.1 Å². The lowest BCUT2D eigenvalue weighted by molar-refractivity contribution is -0.384. The second kappa shape index (κ2) is 5.16. The largest absolute Gasteiger partial charge is 0.482 e. The molecule has 0 radical (unpaired) electrons. The molecule has 106 valence electrons. The summed E-state index contributed by atoms with van der Waals surface area (Å²) < 4.78 is 5.11. The Balaban J connectivity index is 2.48. The highest BCUT2D eigenvalue weighted by Gasteiger charge is 2.33. The van der Waals surface area contributed by atoms with Gasteiger partial charge in [0.1, 0.15) is 11.4 Å². The van der Waals surface area contributed by atoms with Gasteiger partial charge in [-0.3, -0.25) is 14.9 Å². The maximum Gasteiger partial charge on any atom is 0.341 e. The number of nitrogens with zero attached hydrogens (tertiary/aromatic N) is 2. The zero-order valence-corrected chi connectivity index (χ0v) is 10.7. The molecule has 1 aromatic carbocycles. The van der Waals surface area contributed by atoms with E-state index in [0.29, 0.717) is 18.5 Å². The van der Waals surface area contributed by atoms with Gasteiger partial charge in [-0.05, 0) is 12.5 Å². The predicted octanol–water partition coefficient (Wildman–Crippen LogP) is 0.967. The minimum Gasteiger partial charge on any atom is -0.482 e. The molecule has 0 fully saturated rings. The van der Waals surface area contributed by atoms with Gasteiger partial charge in [0.05, 0.1) is 4.92 Å². The molecule has 0 atom stereocenters. The summed E-state index contributed by atoms with van der Waals surface area (Å²) in [6.07, 6.45) is 0.394. The van der Waals surface area contributed by atoms with Crippen molar-refractivity contribution < 1.29 is 24.4 Å². The van der Waals surface area contributed by atoms with Gasteiger partial charge in [0, 0.05) is 25.1 Å². The molecule has 0 aliphatic carbocycles. The normalized spacial score (nSPS) is 12.9. The highest BCUT2D eigenvalue weighted by atomic mass is 16.6. The summed E-state index contributed by atoms with van der Waals surface area (Å²) in [7, 11) is 0. The van der Waals surface area contributed by atoms with Gasteiger partial charge in [-0.25, -0.2) is 4.79 Å². The van der Waals surface area contributed by atoms with Crippen LogP contribution in [-0.4, -0.2) is 35.1 Å². The number of hydrogen-bond donors (Lipinski definition) is 1. The molecule has 0 saturated carbocycles. The number of benzene rings is 1. The monoisotopic (exact) mass is 280 g/mol. The van der Waals surface area contributed by atoms with Crippen molar-refractivity contribution in [3.05, 3.63) is 27.8 Å². The highest BCUT2D eigenvalue weighted by molar-refractivity contribution is 5.97. The summed E-state index contributed by atoms with van der Waals surface area (Å²) >= 11 is 0. The van der Waals surface area contributed by atoms with E-state index in [2.05, 4.69) is 0 Å². The molecule has 1 aromatic rings. The molecule has 0 unspecified atom stereocenters. The van der Waals surface area contributed by atoms with Crippen LogP contribution in [0.1, 0.15) is 12.5 Å². The van der Waals surface area contributed by atoms with Crippen LogP contribution in [-0.2, 0) is 16.0 Å². The number of ether oxygens (including phenoxy) is 1. The van der Waals surface area contributed by atoms with Crippen molar-refractivity contribution in [3.63, 3.8) is 0 Å². The van der Waals surface area contributed by atoms with Crippen LogP contribution in [0.3, 0.4) is 0 Å². The Labute approximate surface area is 113 Å². The third kappa shape index (κ3) is 2.40. The molecule has 1 N–H and O–H groups in total. The van der Waals surface area contributed by atoms with Gasteiger partial charge in [0.15, 0.2) is 6.61 Å². The number of anilines is 1. The minimum absolute atomic E-state index is 0.185. The number of carbonyl (C=O) groups excluding carboxylic acids is 1. The van der Waals surface area contributed by atoms with E-state index < -0.39 is 17.5 Å². The average molecular weight is 280 g/mol. The van der Waals surface area contributed by atoms with Crippen LogP contribution in [0.5, 0.6) is 5.75 Å². The Morgan fingerprint density at radius 3 is 2.75 bits per heavy atom. The number of carboxylic acid groups (broad SMARTS) is 1. The molecule has 2 rings (SSSR count). The fraction of sp³-hybridized carbons (Fsp3) is 0.333. The van der Waals surface area contributed by atoms with Gasteiger partial charge in [0.2, 0.25) is 5.91 Å². The number of nitro benzene ring substituents is 1. The fourth-order valence-electron chi connectivity index (χ4n) is 2.22. The maximum atomic E-state index is 11.5. The Morgan fingerprint density at radius 2 is 2.20 bits per heavy atom. The highest BCUT2D eigenvalue weighted by Crippen LogP contribution is 2.42. The smallest absolute Gasteiger partial charge is 0.341 e. The first-order valence-electron chi connectivity index (χ1n) is 5.84. The van der Waals surface area contributed by atoms with Crippen LogP contribution in [0.2, 0.25) is 0 Å². The van der Waals surface area contributed by atoms with Crippen LogP contribution in [0, 0.1) is 10.1 Å². The Kier molecular flexibility index (Phi) is 3.55. The molecule has 1 amide bonds. The fourth-order valence-corrected chi connectivity index (χ4v) is 2.22. The number of hydrogen-bond acceptors (Lipinski definition) is 5. The third-order valence-electron chi connectivity index (χ3n) is 3.00. The van der Waals surface area contributed by atoms with Gasteiger partial charge in [-0.15, -0.1) is 0 Å². The van der Waals surface area contributed by atoms with Crippen molar-refractivity contribution in [1.82, 2.24) is 0 Å². The van der Waals surface area contributed by atoms with Crippen LogP contribution in [0.15, 0.2) is 12.1 Å². The van der Waals surface area contributed by atoms with E-state index in [4.69, 9.17) is 9.84 Å². The topological polar surface area (TPSA) is 110 Å². The second-order valence-electron chi connectivity index (χ2n) is 4.27. The summed E-state index contributed by atoms with van der Waals surface area (Å²) in [6.45, 7) is 1.10. The molecule has 1 aliphatic heterocycles. The van der Waals surface area contributed by atoms with Crippen LogP contribution < -0.4 is 9.64 Å². The molecule has 8 nitrogen and oxygen atoms in total. The van der Waals surface area contributed by atoms with Crippen molar-refractivity contribution in [2.24, 2.45) is 0 Å². The lowest BCUT2D eigenvalue weighted by atomic mass is 10.1. The molecule has 1 heterocycles. The Bertz CT molecular complexity index is 598. The van der Waals surface area contributed by atoms with Crippen molar-refractivity contribution in [2.45, 2.75) is 13.3 Å². The number of nitro groups is 1. The molecule has 0 aromatic heterocycles. The lowest BCUT2D eigenvalue weighted by Crippen LogP contribution is -2.26. The van der Waals surface area contributed by atoms with Crippen molar-refractivity contribution in [3.8, 4) is 5.75 Å². The quantitative estimate of drug-likeness (QED) is 0.650. The first-order chi connectivity index (χ1) is 9.41. The zero-order valence-electron chi connectivity index (χ0n) is 10.7. The molecular weight excluding hydrogens is 268 g/mol. The lowest BCUT2D eigenvalue weighted by Gasteiger charge is -2.15. The summed E-state index contributed by atoms with van der Waals surface area (Å²) in [6, 6.07) is 2.58. The van der Waals surface area contributed by atoms with E-state index in [9.17, 15) is 19.7 Å². The number of amides is 1. The van der Waals surface area contributed by atoms with Crippen LogP contribution in [0.4, 0.5) is 11.4 Å². The number of rotatable bonds is 4. The number of aliphatic carboxylic acids is 1. The summed E-state index contributed by atoms with van der Waals surface area (Å²) in [4.78, 5) is 33.8. The molecule has 0 spiro atoms. The zero-order chi connectivity index (χ0) is 14.9. The first kappa shape index (κ1) is 13.8. The number of fused-ring (bicyclic) bond motifs is 1. The van der Waals surface area contributed by atoms with Gasteiger partial charge in [-0.2, -0.15) is 0 Å². The van der Waals surface area contributed by atoms with E-state index in [-0.39, 0.29) is 23.0 Å². The standard InChI is InChI=1S/C12H12N2O6/c1-7(15)13-5-4-8-10(20-6-11(16)17)3-2-9(12(8)13)14(18)19/h2-3H,4-6H2,1H3,(H,16,17). The summed E-state index contributed by atoms with van der Waals surface area (Å²) in [5.74, 6) is -1.18. The molecule has 1 aliphatic rings. The molecule has 0 saturated heterocycles. The van der Waals surface area contributed by atoms with Gasteiger partial charge < -0.3 is 14.7 Å². The molecule has 0 bridgehead atoms. The SMILES string of the molecule is CC(=O)N1CCc2c(OCC(=O)O)ccc([N+](=O)[O-])c21. The molecule has 8 heteroatoms. The number of carboxylic acids is 1. The Hall–Kier alpha value is -2.64. The maximum absolute atomic E-state index is 11.5. The van der Waals surface area contributed by atoms with Crippen LogP contribution in [0.25, 0.3) is 0 Å². The van der Waals surface area contributed by atoms with E-state index in [1.165, 1.54) is 24.0 Å². The van der Waals surface area contributed by atoms with E-state index in [0.717, 1.165) is 0 Å².